The third-order valence-corrected chi connectivity index (χ3v) is 3.54. The van der Waals surface area contributed by atoms with Crippen molar-refractivity contribution in [3.8, 4) is 5.75 Å². The molecule has 0 unspecified atom stereocenters. The summed E-state index contributed by atoms with van der Waals surface area (Å²) in [6.07, 6.45) is -4.65. The molecule has 1 saturated heterocycles. The topological polar surface area (TPSA) is 52.6 Å². The average molecular weight is 272 g/mol. The van der Waals surface area contributed by atoms with E-state index in [4.69, 9.17) is 0 Å². The molecule has 1 aromatic carbocycles. The van der Waals surface area contributed by atoms with E-state index in [1.165, 1.54) is 11.0 Å². The number of nitrogens with one attached hydrogen (secondary N) is 1. The van der Waals surface area contributed by atoms with Gasteiger partial charge in [0.15, 0.2) is 0 Å². The minimum atomic E-state index is -4.65. The summed E-state index contributed by atoms with van der Waals surface area (Å²) in [4.78, 5) is 13.6. The number of benzene rings is 1. The molecule has 3 rings (SSSR count). The Labute approximate surface area is 106 Å². The van der Waals surface area contributed by atoms with Gasteiger partial charge < -0.3 is 15.3 Å². The van der Waals surface area contributed by atoms with Crippen molar-refractivity contribution in [2.24, 2.45) is 0 Å². The predicted molar refractivity (Wildman–Crippen MR) is 59.8 cm³/mol. The van der Waals surface area contributed by atoms with Crippen molar-refractivity contribution < 1.29 is 23.1 Å². The number of rotatable bonds is 0. The molecule has 0 spiro atoms. The molecule has 7 heteroatoms. The Kier molecular flexibility index (Phi) is 2.50. The first-order valence-corrected chi connectivity index (χ1v) is 5.85. The van der Waals surface area contributed by atoms with Crippen molar-refractivity contribution in [2.45, 2.75) is 12.2 Å². The molecule has 0 aromatic heterocycles. The molecule has 1 atom stereocenters. The first-order valence-electron chi connectivity index (χ1n) is 5.85. The number of piperazine rings is 1. The van der Waals surface area contributed by atoms with E-state index in [0.717, 1.165) is 0 Å². The Balaban J connectivity index is 2.21. The second-order valence-corrected chi connectivity index (χ2v) is 4.67. The molecule has 0 saturated carbocycles. The fourth-order valence-corrected chi connectivity index (χ4v) is 2.74. The molecule has 2 N–H and O–H groups in total. The van der Waals surface area contributed by atoms with Crippen molar-refractivity contribution in [3.63, 3.8) is 0 Å². The number of aromatic hydroxyl groups is 1. The van der Waals surface area contributed by atoms with Crippen molar-refractivity contribution in [2.75, 3.05) is 19.6 Å². The van der Waals surface area contributed by atoms with Gasteiger partial charge in [0.25, 0.3) is 5.91 Å². The molecule has 0 aliphatic carbocycles. The SMILES string of the molecule is O=C1c2c(cc(O)cc2C(F)(F)F)[C@@H]2CNCCN12. The van der Waals surface area contributed by atoms with E-state index in [-0.39, 0.29) is 11.1 Å². The summed E-state index contributed by atoms with van der Waals surface area (Å²) in [5, 5.41) is 12.5. The van der Waals surface area contributed by atoms with Gasteiger partial charge in [-0.05, 0) is 17.7 Å². The van der Waals surface area contributed by atoms with Crippen LogP contribution in [0, 0.1) is 0 Å². The second kappa shape index (κ2) is 3.86. The van der Waals surface area contributed by atoms with Crippen LogP contribution < -0.4 is 5.32 Å². The van der Waals surface area contributed by atoms with Gasteiger partial charge in [-0.3, -0.25) is 4.79 Å². The zero-order valence-corrected chi connectivity index (χ0v) is 9.79. The third kappa shape index (κ3) is 1.76. The number of phenolic OH excluding ortho intramolecular Hbond substituents is 1. The maximum atomic E-state index is 13.0. The fourth-order valence-electron chi connectivity index (χ4n) is 2.74. The second-order valence-electron chi connectivity index (χ2n) is 4.67. The highest BCUT2D eigenvalue weighted by Gasteiger charge is 2.45. The molecule has 4 nitrogen and oxygen atoms in total. The zero-order chi connectivity index (χ0) is 13.8. The monoisotopic (exact) mass is 272 g/mol. The van der Waals surface area contributed by atoms with Crippen LogP contribution in [0.15, 0.2) is 12.1 Å². The highest BCUT2D eigenvalue weighted by molar-refractivity contribution is 6.01. The number of carbonyl (C=O) groups excluding carboxylic acids is 1. The standard InChI is InChI=1S/C12H11F3N2O2/c13-12(14,15)8-4-6(18)3-7-9-5-16-1-2-17(9)11(19)10(7)8/h3-4,9,16,18H,1-2,5H2/t9-/m0/s1. The molecule has 1 fully saturated rings. The van der Waals surface area contributed by atoms with Crippen LogP contribution in [0.25, 0.3) is 0 Å². The van der Waals surface area contributed by atoms with Gasteiger partial charge >= 0.3 is 6.18 Å². The molecule has 1 amide bonds. The lowest BCUT2D eigenvalue weighted by molar-refractivity contribution is -0.138. The van der Waals surface area contributed by atoms with Gasteiger partial charge in [0.2, 0.25) is 0 Å². The largest absolute Gasteiger partial charge is 0.508 e. The summed E-state index contributed by atoms with van der Waals surface area (Å²) < 4.78 is 38.9. The molecule has 1 aromatic rings. The Morgan fingerprint density at radius 3 is 2.79 bits per heavy atom. The maximum absolute atomic E-state index is 13.0. The van der Waals surface area contributed by atoms with E-state index in [9.17, 15) is 23.1 Å². The summed E-state index contributed by atoms with van der Waals surface area (Å²) >= 11 is 0. The van der Waals surface area contributed by atoms with Crippen LogP contribution in [-0.4, -0.2) is 35.5 Å². The summed E-state index contributed by atoms with van der Waals surface area (Å²) in [6.45, 7) is 1.33. The molecular weight excluding hydrogens is 261 g/mol. The number of alkyl halides is 3. The normalized spacial score (nSPS) is 22.4. The molecule has 102 valence electrons. The predicted octanol–water partition coefficient (Wildman–Crippen LogP) is 1.51. The molecule has 2 aliphatic heterocycles. The van der Waals surface area contributed by atoms with Crippen LogP contribution >= 0.6 is 0 Å². The summed E-state index contributed by atoms with van der Waals surface area (Å²) in [5.74, 6) is -1.07. The first-order chi connectivity index (χ1) is 8.89. The molecule has 19 heavy (non-hydrogen) atoms. The van der Waals surface area contributed by atoms with Gasteiger partial charge in [-0.1, -0.05) is 0 Å². The minimum Gasteiger partial charge on any atom is -0.508 e. The highest BCUT2D eigenvalue weighted by atomic mass is 19.4. The number of amides is 1. The number of halogens is 3. The maximum Gasteiger partial charge on any atom is 0.417 e. The Bertz CT molecular complexity index is 557. The number of hydrogen-bond donors (Lipinski definition) is 2. The van der Waals surface area contributed by atoms with Crippen LogP contribution in [0.4, 0.5) is 13.2 Å². The highest BCUT2D eigenvalue weighted by Crippen LogP contribution is 2.43. The third-order valence-electron chi connectivity index (χ3n) is 3.54. The Morgan fingerprint density at radius 2 is 2.11 bits per heavy atom. The van der Waals surface area contributed by atoms with Crippen molar-refractivity contribution >= 4 is 5.91 Å². The minimum absolute atomic E-state index is 0.254. The summed E-state index contributed by atoms with van der Waals surface area (Å²) in [7, 11) is 0. The van der Waals surface area contributed by atoms with Crippen molar-refractivity contribution in [1.29, 1.82) is 0 Å². The zero-order valence-electron chi connectivity index (χ0n) is 9.79. The van der Waals surface area contributed by atoms with E-state index < -0.39 is 29.4 Å². The van der Waals surface area contributed by atoms with E-state index in [1.807, 2.05) is 0 Å². The molecule has 2 heterocycles. The number of carbonyl (C=O) groups is 1. The van der Waals surface area contributed by atoms with Crippen LogP contribution in [0.5, 0.6) is 5.75 Å². The van der Waals surface area contributed by atoms with E-state index >= 15 is 0 Å². The van der Waals surface area contributed by atoms with Crippen molar-refractivity contribution in [1.82, 2.24) is 10.2 Å². The smallest absolute Gasteiger partial charge is 0.417 e. The molecule has 0 bridgehead atoms. The van der Waals surface area contributed by atoms with E-state index in [0.29, 0.717) is 25.7 Å². The Hall–Kier alpha value is -1.76. The van der Waals surface area contributed by atoms with Crippen LogP contribution in [0.3, 0.4) is 0 Å². The van der Waals surface area contributed by atoms with Gasteiger partial charge in [-0.25, -0.2) is 0 Å². The lowest BCUT2D eigenvalue weighted by atomic mass is 9.98. The van der Waals surface area contributed by atoms with Gasteiger partial charge in [0, 0.05) is 19.6 Å². The summed E-state index contributed by atoms with van der Waals surface area (Å²) in [5.41, 5.74) is -1.12. The fraction of sp³-hybridized carbons (Fsp3) is 0.417. The quantitative estimate of drug-likeness (QED) is 0.752. The van der Waals surface area contributed by atoms with Crippen LogP contribution in [-0.2, 0) is 6.18 Å². The van der Waals surface area contributed by atoms with E-state index in [2.05, 4.69) is 5.32 Å². The molecule has 2 aliphatic rings. The van der Waals surface area contributed by atoms with Crippen LogP contribution in [0.2, 0.25) is 0 Å². The van der Waals surface area contributed by atoms with Crippen LogP contribution in [0.1, 0.15) is 27.5 Å². The number of nitrogens with zero attached hydrogens (tertiary/aromatic N) is 1. The number of fused-ring (bicyclic) bond motifs is 3. The van der Waals surface area contributed by atoms with Crippen molar-refractivity contribution in [3.05, 3.63) is 28.8 Å². The molecular formula is C12H11F3N2O2. The number of phenols is 1. The lowest BCUT2D eigenvalue weighted by Crippen LogP contribution is -2.44. The first kappa shape index (κ1) is 12.3. The van der Waals surface area contributed by atoms with Gasteiger partial charge in [0.1, 0.15) is 5.75 Å². The summed E-state index contributed by atoms with van der Waals surface area (Å²) in [6, 6.07) is 1.44. The lowest BCUT2D eigenvalue weighted by Gasteiger charge is -2.30. The molecule has 0 radical (unpaired) electrons. The van der Waals surface area contributed by atoms with Gasteiger partial charge in [-0.2, -0.15) is 13.2 Å². The average Bonchev–Trinajstić information content (AvgIpc) is 2.62. The van der Waals surface area contributed by atoms with Gasteiger partial charge in [-0.15, -0.1) is 0 Å². The van der Waals surface area contributed by atoms with E-state index in [1.54, 1.807) is 0 Å². The Morgan fingerprint density at radius 1 is 1.37 bits per heavy atom. The van der Waals surface area contributed by atoms with Gasteiger partial charge in [0.05, 0.1) is 17.2 Å². The number of hydrogen-bond acceptors (Lipinski definition) is 3.